The first-order chi connectivity index (χ1) is 9.39. The molecule has 0 aromatic carbocycles. The van der Waals surface area contributed by atoms with Crippen molar-refractivity contribution in [3.05, 3.63) is 24.0 Å². The molecule has 2 aliphatic rings. The van der Waals surface area contributed by atoms with Gasteiger partial charge in [-0.15, -0.1) is 0 Å². The summed E-state index contributed by atoms with van der Waals surface area (Å²) in [5, 5.41) is 3.40. The summed E-state index contributed by atoms with van der Waals surface area (Å²) in [6.45, 7) is 10.4. The Balaban J connectivity index is 1.83. The van der Waals surface area contributed by atoms with E-state index in [-0.39, 0.29) is 18.3 Å². The van der Waals surface area contributed by atoms with Crippen LogP contribution in [0.1, 0.15) is 45.6 Å². The summed E-state index contributed by atoms with van der Waals surface area (Å²) < 4.78 is 12.2. The van der Waals surface area contributed by atoms with Gasteiger partial charge < -0.3 is 14.6 Å². The molecule has 108 valence electrons. The predicted octanol–water partition coefficient (Wildman–Crippen LogP) is 1.46. The zero-order chi connectivity index (χ0) is 14.4. The normalized spacial score (nSPS) is 28.0. The van der Waals surface area contributed by atoms with E-state index in [1.807, 2.05) is 12.4 Å². The third-order valence-electron chi connectivity index (χ3n) is 4.84. The topological polar surface area (TPSA) is 43.4 Å². The molecule has 2 aliphatic heterocycles. The van der Waals surface area contributed by atoms with E-state index in [0.717, 1.165) is 18.6 Å². The third kappa shape index (κ3) is 2.38. The molecule has 2 fully saturated rings. The molecule has 20 heavy (non-hydrogen) atoms. The number of hydrogen-bond acceptors (Lipinski definition) is 4. The zero-order valence-electron chi connectivity index (χ0n) is 12.8. The maximum absolute atomic E-state index is 6.09. The van der Waals surface area contributed by atoms with E-state index in [0.29, 0.717) is 5.92 Å². The molecule has 1 aromatic heterocycles. The predicted molar refractivity (Wildman–Crippen MR) is 80.2 cm³/mol. The highest BCUT2D eigenvalue weighted by molar-refractivity contribution is 6.62. The molecule has 0 spiro atoms. The summed E-state index contributed by atoms with van der Waals surface area (Å²) in [7, 11) is -0.318. The molecule has 2 saturated heterocycles. The molecule has 1 N–H and O–H groups in total. The Morgan fingerprint density at radius 1 is 1.20 bits per heavy atom. The third-order valence-corrected chi connectivity index (χ3v) is 4.84. The molecule has 4 nitrogen and oxygen atoms in total. The Kier molecular flexibility index (Phi) is 3.39. The fourth-order valence-electron chi connectivity index (χ4n) is 2.75. The van der Waals surface area contributed by atoms with Crippen molar-refractivity contribution in [2.45, 2.75) is 51.2 Å². The van der Waals surface area contributed by atoms with Gasteiger partial charge in [0.15, 0.2) is 0 Å². The first kappa shape index (κ1) is 14.0. The van der Waals surface area contributed by atoms with Gasteiger partial charge in [0.1, 0.15) is 0 Å². The number of aromatic nitrogens is 1. The molecule has 3 heterocycles. The van der Waals surface area contributed by atoms with Crippen molar-refractivity contribution in [3.63, 3.8) is 0 Å². The molecular weight excluding hydrogens is 251 g/mol. The minimum Gasteiger partial charge on any atom is -0.399 e. The average molecular weight is 274 g/mol. The van der Waals surface area contributed by atoms with Gasteiger partial charge in [0.05, 0.1) is 11.2 Å². The number of hydrogen-bond donors (Lipinski definition) is 1. The summed E-state index contributed by atoms with van der Waals surface area (Å²) in [6, 6.07) is 2.19. The Morgan fingerprint density at radius 2 is 1.90 bits per heavy atom. The maximum atomic E-state index is 6.09. The van der Waals surface area contributed by atoms with Crippen LogP contribution in [0.3, 0.4) is 0 Å². The van der Waals surface area contributed by atoms with Crippen LogP contribution in [0, 0.1) is 0 Å². The minimum atomic E-state index is -0.318. The lowest BCUT2D eigenvalue weighted by Crippen LogP contribution is -2.41. The Bertz CT molecular complexity index is 482. The lowest BCUT2D eigenvalue weighted by molar-refractivity contribution is 0.00578. The van der Waals surface area contributed by atoms with Crippen LogP contribution in [0.5, 0.6) is 0 Å². The first-order valence-corrected chi connectivity index (χ1v) is 7.40. The van der Waals surface area contributed by atoms with Gasteiger partial charge in [-0.3, -0.25) is 4.98 Å². The Labute approximate surface area is 121 Å². The fourth-order valence-corrected chi connectivity index (χ4v) is 2.75. The molecule has 0 radical (unpaired) electrons. The largest absolute Gasteiger partial charge is 0.496 e. The zero-order valence-corrected chi connectivity index (χ0v) is 12.8. The second-order valence-electron chi connectivity index (χ2n) is 6.83. The minimum absolute atomic E-state index is 0.303. The molecule has 0 unspecified atom stereocenters. The molecule has 1 atom stereocenters. The summed E-state index contributed by atoms with van der Waals surface area (Å²) in [4.78, 5) is 4.38. The molecule has 0 aliphatic carbocycles. The van der Waals surface area contributed by atoms with Crippen LogP contribution in [0.4, 0.5) is 0 Å². The Morgan fingerprint density at radius 3 is 2.50 bits per heavy atom. The number of nitrogens with zero attached hydrogens (tertiary/aromatic N) is 1. The van der Waals surface area contributed by atoms with Crippen molar-refractivity contribution in [1.29, 1.82) is 0 Å². The monoisotopic (exact) mass is 274 g/mol. The molecule has 5 heteroatoms. The van der Waals surface area contributed by atoms with Crippen molar-refractivity contribution in [1.82, 2.24) is 10.3 Å². The van der Waals surface area contributed by atoms with E-state index in [9.17, 15) is 0 Å². The fraction of sp³-hybridized carbons (Fsp3) is 0.667. The van der Waals surface area contributed by atoms with Gasteiger partial charge in [0.2, 0.25) is 0 Å². The van der Waals surface area contributed by atoms with E-state index >= 15 is 0 Å². The lowest BCUT2D eigenvalue weighted by atomic mass is 9.79. The second-order valence-corrected chi connectivity index (χ2v) is 6.83. The van der Waals surface area contributed by atoms with E-state index < -0.39 is 0 Å². The van der Waals surface area contributed by atoms with Crippen LogP contribution in [0.25, 0.3) is 0 Å². The van der Waals surface area contributed by atoms with E-state index in [2.05, 4.69) is 44.1 Å². The average Bonchev–Trinajstić information content (AvgIpc) is 2.97. The highest BCUT2D eigenvalue weighted by Crippen LogP contribution is 2.36. The molecule has 0 bridgehead atoms. The summed E-state index contributed by atoms with van der Waals surface area (Å²) in [5.41, 5.74) is 1.70. The van der Waals surface area contributed by atoms with Gasteiger partial charge in [-0.25, -0.2) is 0 Å². The Hall–Kier alpha value is -0.905. The van der Waals surface area contributed by atoms with Gasteiger partial charge >= 0.3 is 7.12 Å². The second kappa shape index (κ2) is 4.83. The first-order valence-electron chi connectivity index (χ1n) is 7.40. The van der Waals surface area contributed by atoms with Gasteiger partial charge in [-0.05, 0) is 52.1 Å². The molecule has 0 amide bonds. The summed E-state index contributed by atoms with van der Waals surface area (Å²) in [5.74, 6) is 0.560. The number of rotatable bonds is 2. The smallest absolute Gasteiger partial charge is 0.399 e. The van der Waals surface area contributed by atoms with Gasteiger partial charge in [0, 0.05) is 24.4 Å². The van der Waals surface area contributed by atoms with Crippen molar-refractivity contribution in [2.75, 3.05) is 13.1 Å². The maximum Gasteiger partial charge on any atom is 0.496 e. The summed E-state index contributed by atoms with van der Waals surface area (Å²) in [6.07, 6.45) is 4.99. The highest BCUT2D eigenvalue weighted by atomic mass is 16.7. The number of pyridine rings is 1. The van der Waals surface area contributed by atoms with E-state index in [4.69, 9.17) is 9.31 Å². The van der Waals surface area contributed by atoms with Crippen molar-refractivity contribution < 1.29 is 9.31 Å². The lowest BCUT2D eigenvalue weighted by Gasteiger charge is -2.32. The standard InChI is InChI=1S/C15H23BN2O2/c1-14(2)15(3,4)20-16(19-14)13-7-12(9-18-10-13)11-5-6-17-8-11/h7,9-11,17H,5-6,8H2,1-4H3/t11-/m1/s1. The highest BCUT2D eigenvalue weighted by Gasteiger charge is 2.51. The van der Waals surface area contributed by atoms with Gasteiger partial charge in [0.25, 0.3) is 0 Å². The van der Waals surface area contributed by atoms with Crippen molar-refractivity contribution in [3.8, 4) is 0 Å². The van der Waals surface area contributed by atoms with Gasteiger partial charge in [-0.2, -0.15) is 0 Å². The van der Waals surface area contributed by atoms with E-state index in [1.165, 1.54) is 12.0 Å². The van der Waals surface area contributed by atoms with Crippen LogP contribution in [-0.4, -0.2) is 36.4 Å². The molecule has 1 aromatic rings. The van der Waals surface area contributed by atoms with Crippen LogP contribution < -0.4 is 10.8 Å². The van der Waals surface area contributed by atoms with Crippen LogP contribution in [0.15, 0.2) is 18.5 Å². The van der Waals surface area contributed by atoms with Crippen LogP contribution >= 0.6 is 0 Å². The van der Waals surface area contributed by atoms with Crippen molar-refractivity contribution >= 4 is 12.6 Å². The molecule has 0 saturated carbocycles. The van der Waals surface area contributed by atoms with Crippen molar-refractivity contribution in [2.24, 2.45) is 0 Å². The van der Waals surface area contributed by atoms with Crippen LogP contribution in [-0.2, 0) is 9.31 Å². The quantitative estimate of drug-likeness (QED) is 0.829. The number of nitrogens with one attached hydrogen (secondary N) is 1. The molecule has 3 rings (SSSR count). The SMILES string of the molecule is CC1(C)OB(c2cncc([C@@H]3CCNC3)c2)OC1(C)C. The van der Waals surface area contributed by atoms with Crippen LogP contribution in [0.2, 0.25) is 0 Å². The summed E-state index contributed by atoms with van der Waals surface area (Å²) >= 11 is 0. The molecular formula is C15H23BN2O2. The van der Waals surface area contributed by atoms with Gasteiger partial charge in [-0.1, -0.05) is 6.07 Å². The van der Waals surface area contributed by atoms with E-state index in [1.54, 1.807) is 0 Å².